The Kier molecular flexibility index (Phi) is 5.89. The van der Waals surface area contributed by atoms with Gasteiger partial charge in [-0.15, -0.1) is 0 Å². The van der Waals surface area contributed by atoms with Crippen molar-refractivity contribution in [3.05, 3.63) is 83.4 Å². The number of hydrogen-bond donors (Lipinski definition) is 2. The minimum Gasteiger partial charge on any atom is -0.495 e. The van der Waals surface area contributed by atoms with E-state index in [4.69, 9.17) is 4.74 Å². The molecule has 3 rings (SSSR count). The van der Waals surface area contributed by atoms with E-state index in [1.807, 2.05) is 6.92 Å². The predicted octanol–water partition coefficient (Wildman–Crippen LogP) is 4.37. The van der Waals surface area contributed by atoms with Crippen molar-refractivity contribution in [1.29, 1.82) is 0 Å². The van der Waals surface area contributed by atoms with E-state index in [1.54, 1.807) is 67.6 Å². The third kappa shape index (κ3) is 4.75. The number of carbonyl (C=O) groups is 1. The molecular formula is C22H22N2O4S. The number of anilines is 2. The van der Waals surface area contributed by atoms with Gasteiger partial charge in [0, 0.05) is 5.56 Å². The highest BCUT2D eigenvalue weighted by molar-refractivity contribution is 7.92. The molecule has 0 radical (unpaired) electrons. The van der Waals surface area contributed by atoms with Crippen LogP contribution >= 0.6 is 0 Å². The Balaban J connectivity index is 1.86. The first kappa shape index (κ1) is 20.4. The van der Waals surface area contributed by atoms with Gasteiger partial charge in [-0.1, -0.05) is 35.9 Å². The van der Waals surface area contributed by atoms with Gasteiger partial charge >= 0.3 is 0 Å². The molecule has 0 atom stereocenters. The summed E-state index contributed by atoms with van der Waals surface area (Å²) in [7, 11) is -2.24. The van der Waals surface area contributed by atoms with Gasteiger partial charge in [-0.2, -0.15) is 0 Å². The summed E-state index contributed by atoms with van der Waals surface area (Å²) < 4.78 is 33.2. The first-order valence-electron chi connectivity index (χ1n) is 8.94. The van der Waals surface area contributed by atoms with Crippen molar-refractivity contribution in [1.82, 2.24) is 0 Å². The number of hydrogen-bond acceptors (Lipinski definition) is 4. The minimum absolute atomic E-state index is 0.159. The Morgan fingerprint density at radius 2 is 1.59 bits per heavy atom. The average Bonchev–Trinajstić information content (AvgIpc) is 2.70. The third-order valence-electron chi connectivity index (χ3n) is 4.43. The molecule has 0 unspecified atom stereocenters. The number of carbonyl (C=O) groups excluding carboxylic acids is 1. The van der Waals surface area contributed by atoms with Crippen molar-refractivity contribution in [2.24, 2.45) is 0 Å². The number of rotatable bonds is 6. The lowest BCUT2D eigenvalue weighted by atomic mass is 10.1. The maximum atomic E-state index is 12.7. The van der Waals surface area contributed by atoms with Gasteiger partial charge < -0.3 is 10.1 Å². The molecule has 29 heavy (non-hydrogen) atoms. The Hall–Kier alpha value is -3.32. The number of methoxy groups -OCH3 is 1. The second-order valence-electron chi connectivity index (χ2n) is 6.60. The van der Waals surface area contributed by atoms with Crippen molar-refractivity contribution >= 4 is 27.3 Å². The van der Waals surface area contributed by atoms with Gasteiger partial charge in [0.05, 0.1) is 23.4 Å². The van der Waals surface area contributed by atoms with Crippen molar-refractivity contribution in [3.8, 4) is 5.75 Å². The molecule has 3 aromatic rings. The standard InChI is InChI=1S/C22H22N2O4S/c1-15-8-12-18(13-9-15)29(26,27)24-20-14-17(11-10-16(20)2)22(25)23-19-6-4-5-7-21(19)28-3/h4-14,24H,1-3H3,(H,23,25). The van der Waals surface area contributed by atoms with Gasteiger partial charge in [0.2, 0.25) is 0 Å². The Morgan fingerprint density at radius 3 is 2.28 bits per heavy atom. The highest BCUT2D eigenvalue weighted by Gasteiger charge is 2.17. The van der Waals surface area contributed by atoms with Gasteiger partial charge in [0.15, 0.2) is 0 Å². The molecule has 0 fully saturated rings. The molecule has 7 heteroatoms. The summed E-state index contributed by atoms with van der Waals surface area (Å²) in [5.41, 5.74) is 2.87. The molecule has 0 aliphatic heterocycles. The number of aryl methyl sites for hydroxylation is 2. The molecule has 2 N–H and O–H groups in total. The summed E-state index contributed by atoms with van der Waals surface area (Å²) in [6, 6.07) is 18.5. The lowest BCUT2D eigenvalue weighted by Gasteiger charge is -2.13. The topological polar surface area (TPSA) is 84.5 Å². The number of ether oxygens (including phenoxy) is 1. The zero-order chi connectivity index (χ0) is 21.0. The van der Waals surface area contributed by atoms with Crippen molar-refractivity contribution < 1.29 is 17.9 Å². The van der Waals surface area contributed by atoms with E-state index in [9.17, 15) is 13.2 Å². The molecular weight excluding hydrogens is 388 g/mol. The molecule has 150 valence electrons. The quantitative estimate of drug-likeness (QED) is 0.632. The maximum absolute atomic E-state index is 12.7. The van der Waals surface area contributed by atoms with Crippen LogP contribution in [-0.2, 0) is 10.0 Å². The lowest BCUT2D eigenvalue weighted by molar-refractivity contribution is 0.102. The van der Waals surface area contributed by atoms with Gasteiger partial charge in [-0.05, 0) is 55.8 Å². The second kappa shape index (κ2) is 8.36. The van der Waals surface area contributed by atoms with Crippen LogP contribution in [0.15, 0.2) is 71.6 Å². The highest BCUT2D eigenvalue weighted by Crippen LogP contribution is 2.25. The normalized spacial score (nSPS) is 11.0. The van der Waals surface area contributed by atoms with Crippen molar-refractivity contribution in [2.45, 2.75) is 18.7 Å². The van der Waals surface area contributed by atoms with E-state index < -0.39 is 10.0 Å². The molecule has 3 aromatic carbocycles. The monoisotopic (exact) mass is 410 g/mol. The van der Waals surface area contributed by atoms with Crippen LogP contribution in [0.1, 0.15) is 21.5 Å². The number of para-hydroxylation sites is 2. The molecule has 0 aromatic heterocycles. The highest BCUT2D eigenvalue weighted by atomic mass is 32.2. The first-order valence-corrected chi connectivity index (χ1v) is 10.4. The molecule has 6 nitrogen and oxygen atoms in total. The van der Waals surface area contributed by atoms with E-state index in [-0.39, 0.29) is 10.8 Å². The number of sulfonamides is 1. The zero-order valence-corrected chi connectivity index (χ0v) is 17.2. The number of nitrogens with one attached hydrogen (secondary N) is 2. The van der Waals surface area contributed by atoms with E-state index in [0.29, 0.717) is 28.3 Å². The molecule has 0 aliphatic rings. The zero-order valence-electron chi connectivity index (χ0n) is 16.4. The summed E-state index contributed by atoms with van der Waals surface area (Å²) in [6.45, 7) is 3.66. The molecule has 0 heterocycles. The van der Waals surface area contributed by atoms with Gasteiger partial charge in [-0.3, -0.25) is 9.52 Å². The van der Waals surface area contributed by atoms with E-state index in [2.05, 4.69) is 10.0 Å². The molecule has 0 saturated heterocycles. The molecule has 0 spiro atoms. The predicted molar refractivity (Wildman–Crippen MR) is 114 cm³/mol. The largest absolute Gasteiger partial charge is 0.495 e. The van der Waals surface area contributed by atoms with Crippen LogP contribution < -0.4 is 14.8 Å². The lowest BCUT2D eigenvalue weighted by Crippen LogP contribution is -2.16. The maximum Gasteiger partial charge on any atom is 0.261 e. The van der Waals surface area contributed by atoms with Crippen LogP contribution in [0.3, 0.4) is 0 Å². The van der Waals surface area contributed by atoms with E-state index in [1.165, 1.54) is 13.2 Å². The first-order chi connectivity index (χ1) is 13.8. The summed E-state index contributed by atoms with van der Waals surface area (Å²) in [6.07, 6.45) is 0. The summed E-state index contributed by atoms with van der Waals surface area (Å²) in [4.78, 5) is 12.8. The van der Waals surface area contributed by atoms with Crippen molar-refractivity contribution in [2.75, 3.05) is 17.1 Å². The fourth-order valence-electron chi connectivity index (χ4n) is 2.74. The summed E-state index contributed by atoms with van der Waals surface area (Å²) >= 11 is 0. The van der Waals surface area contributed by atoms with E-state index in [0.717, 1.165) is 5.56 Å². The van der Waals surface area contributed by atoms with Crippen LogP contribution in [-0.4, -0.2) is 21.4 Å². The smallest absolute Gasteiger partial charge is 0.261 e. The number of amides is 1. The Morgan fingerprint density at radius 1 is 0.897 bits per heavy atom. The van der Waals surface area contributed by atoms with Gasteiger partial charge in [0.25, 0.3) is 15.9 Å². The van der Waals surface area contributed by atoms with Crippen LogP contribution in [0.2, 0.25) is 0 Å². The third-order valence-corrected chi connectivity index (χ3v) is 5.81. The molecule has 0 bridgehead atoms. The Bertz CT molecular complexity index is 1140. The van der Waals surface area contributed by atoms with E-state index >= 15 is 0 Å². The van der Waals surface area contributed by atoms with Crippen LogP contribution in [0.25, 0.3) is 0 Å². The minimum atomic E-state index is -3.77. The summed E-state index contributed by atoms with van der Waals surface area (Å²) in [5.74, 6) is 0.165. The number of benzene rings is 3. The van der Waals surface area contributed by atoms with Crippen molar-refractivity contribution in [3.63, 3.8) is 0 Å². The van der Waals surface area contributed by atoms with Gasteiger partial charge in [-0.25, -0.2) is 8.42 Å². The second-order valence-corrected chi connectivity index (χ2v) is 8.29. The molecule has 0 saturated carbocycles. The van der Waals surface area contributed by atoms with Crippen LogP contribution in [0, 0.1) is 13.8 Å². The Labute approximate surface area is 170 Å². The van der Waals surface area contributed by atoms with Crippen LogP contribution in [0.4, 0.5) is 11.4 Å². The summed E-state index contributed by atoms with van der Waals surface area (Å²) in [5, 5.41) is 2.78. The fourth-order valence-corrected chi connectivity index (χ4v) is 3.86. The fraction of sp³-hybridized carbons (Fsp3) is 0.136. The average molecular weight is 410 g/mol. The molecule has 0 aliphatic carbocycles. The SMILES string of the molecule is COc1ccccc1NC(=O)c1ccc(C)c(NS(=O)(=O)c2ccc(C)cc2)c1. The van der Waals surface area contributed by atoms with Gasteiger partial charge in [0.1, 0.15) is 5.75 Å². The molecule has 1 amide bonds. The van der Waals surface area contributed by atoms with Crippen LogP contribution in [0.5, 0.6) is 5.75 Å².